The molecule has 1 aromatic carbocycles. The third-order valence-corrected chi connectivity index (χ3v) is 2.88. The van der Waals surface area contributed by atoms with Gasteiger partial charge in [0.2, 0.25) is 0 Å². The molecule has 16 heavy (non-hydrogen) atoms. The largest absolute Gasteiger partial charge is 0.481 e. The van der Waals surface area contributed by atoms with Gasteiger partial charge in [-0.1, -0.05) is 0 Å². The zero-order chi connectivity index (χ0) is 12.3. The topological polar surface area (TPSA) is 49.3 Å². The second kappa shape index (κ2) is 4.82. The molecule has 2 N–H and O–H groups in total. The van der Waals surface area contributed by atoms with Gasteiger partial charge in [-0.05, 0) is 48.0 Å². The molecule has 0 atom stereocenters. The van der Waals surface area contributed by atoms with Crippen molar-refractivity contribution >= 4 is 27.6 Å². The van der Waals surface area contributed by atoms with Gasteiger partial charge in [-0.2, -0.15) is 0 Å². The molecule has 0 bridgehead atoms. The molecular formula is C11H13BrFNO2. The quantitative estimate of drug-likeness (QED) is 0.895. The SMILES string of the molecule is CC(C)(CNc1ccc(Br)c(F)c1)C(=O)O. The highest BCUT2D eigenvalue weighted by atomic mass is 79.9. The molecule has 0 aliphatic carbocycles. The summed E-state index contributed by atoms with van der Waals surface area (Å²) in [5.74, 6) is -1.27. The van der Waals surface area contributed by atoms with Crippen molar-refractivity contribution in [3.63, 3.8) is 0 Å². The number of hydrogen-bond donors (Lipinski definition) is 2. The molecule has 5 heteroatoms. The van der Waals surface area contributed by atoms with Crippen LogP contribution in [0.1, 0.15) is 13.8 Å². The van der Waals surface area contributed by atoms with Gasteiger partial charge in [-0.3, -0.25) is 4.79 Å². The third-order valence-electron chi connectivity index (χ3n) is 2.23. The summed E-state index contributed by atoms with van der Waals surface area (Å²) in [7, 11) is 0. The Hall–Kier alpha value is -1.10. The molecule has 1 rings (SSSR count). The van der Waals surface area contributed by atoms with Crippen molar-refractivity contribution in [2.45, 2.75) is 13.8 Å². The van der Waals surface area contributed by atoms with E-state index in [1.807, 2.05) is 0 Å². The minimum Gasteiger partial charge on any atom is -0.481 e. The summed E-state index contributed by atoms with van der Waals surface area (Å²) in [6, 6.07) is 4.58. The fourth-order valence-electron chi connectivity index (χ4n) is 1.00. The van der Waals surface area contributed by atoms with Crippen LogP contribution >= 0.6 is 15.9 Å². The molecule has 3 nitrogen and oxygen atoms in total. The van der Waals surface area contributed by atoms with Crippen LogP contribution in [-0.2, 0) is 4.79 Å². The van der Waals surface area contributed by atoms with E-state index >= 15 is 0 Å². The maximum atomic E-state index is 13.2. The van der Waals surface area contributed by atoms with Crippen LogP contribution in [0.25, 0.3) is 0 Å². The van der Waals surface area contributed by atoms with Crippen LogP contribution in [0.3, 0.4) is 0 Å². The normalized spacial score (nSPS) is 11.2. The second-order valence-corrected chi connectivity index (χ2v) is 5.03. The van der Waals surface area contributed by atoms with Crippen LogP contribution in [0, 0.1) is 11.2 Å². The molecule has 0 aromatic heterocycles. The smallest absolute Gasteiger partial charge is 0.310 e. The number of halogens is 2. The number of carboxylic acid groups (broad SMARTS) is 1. The molecule has 0 spiro atoms. The molecule has 0 saturated heterocycles. The first-order valence-electron chi connectivity index (χ1n) is 4.75. The van der Waals surface area contributed by atoms with Crippen molar-refractivity contribution in [3.8, 4) is 0 Å². The summed E-state index contributed by atoms with van der Waals surface area (Å²) in [5.41, 5.74) is -0.321. The fourth-order valence-corrected chi connectivity index (χ4v) is 1.25. The standard InChI is InChI=1S/C11H13BrFNO2/c1-11(2,10(15)16)6-14-7-3-4-8(12)9(13)5-7/h3-5,14H,6H2,1-2H3,(H,15,16). The van der Waals surface area contributed by atoms with E-state index in [0.29, 0.717) is 10.2 Å². The number of carboxylic acids is 1. The van der Waals surface area contributed by atoms with E-state index in [9.17, 15) is 9.18 Å². The predicted octanol–water partition coefficient (Wildman–Crippen LogP) is 3.11. The maximum absolute atomic E-state index is 13.2. The molecule has 0 fully saturated rings. The molecule has 0 aliphatic rings. The molecule has 0 aliphatic heterocycles. The van der Waals surface area contributed by atoms with Crippen LogP contribution < -0.4 is 5.32 Å². The van der Waals surface area contributed by atoms with Gasteiger partial charge < -0.3 is 10.4 Å². The number of rotatable bonds is 4. The first kappa shape index (κ1) is 13.0. The zero-order valence-corrected chi connectivity index (χ0v) is 10.6. The van der Waals surface area contributed by atoms with Gasteiger partial charge in [0, 0.05) is 12.2 Å². The lowest BCUT2D eigenvalue weighted by Crippen LogP contribution is -2.31. The molecule has 0 saturated carbocycles. The predicted molar refractivity (Wildman–Crippen MR) is 64.0 cm³/mol. The van der Waals surface area contributed by atoms with Gasteiger partial charge in [0.15, 0.2) is 0 Å². The average molecular weight is 290 g/mol. The molecule has 1 aromatic rings. The summed E-state index contributed by atoms with van der Waals surface area (Å²) < 4.78 is 13.5. The molecule has 0 radical (unpaired) electrons. The monoisotopic (exact) mass is 289 g/mol. The highest BCUT2D eigenvalue weighted by Gasteiger charge is 2.26. The Morgan fingerprint density at radius 2 is 2.19 bits per heavy atom. The number of aliphatic carboxylic acids is 1. The van der Waals surface area contributed by atoms with Gasteiger partial charge in [-0.15, -0.1) is 0 Å². The van der Waals surface area contributed by atoms with Crippen LogP contribution in [0.4, 0.5) is 10.1 Å². The van der Waals surface area contributed by atoms with Crippen LogP contribution in [-0.4, -0.2) is 17.6 Å². The van der Waals surface area contributed by atoms with Gasteiger partial charge in [0.25, 0.3) is 0 Å². The van der Waals surface area contributed by atoms with Crippen molar-refractivity contribution in [1.29, 1.82) is 0 Å². The molecule has 88 valence electrons. The van der Waals surface area contributed by atoms with E-state index in [1.54, 1.807) is 26.0 Å². The Kier molecular flexibility index (Phi) is 3.91. The Morgan fingerprint density at radius 3 is 2.69 bits per heavy atom. The number of nitrogens with one attached hydrogen (secondary N) is 1. The van der Waals surface area contributed by atoms with Crippen molar-refractivity contribution in [2.24, 2.45) is 5.41 Å². The number of carbonyl (C=O) groups is 1. The van der Waals surface area contributed by atoms with Gasteiger partial charge in [-0.25, -0.2) is 4.39 Å². The van der Waals surface area contributed by atoms with E-state index in [-0.39, 0.29) is 12.4 Å². The summed E-state index contributed by atoms with van der Waals surface area (Å²) in [6.07, 6.45) is 0. The first-order chi connectivity index (χ1) is 7.33. The summed E-state index contributed by atoms with van der Waals surface area (Å²) in [5, 5.41) is 11.8. The van der Waals surface area contributed by atoms with Gasteiger partial charge in [0.1, 0.15) is 5.82 Å². The number of hydrogen-bond acceptors (Lipinski definition) is 2. The Morgan fingerprint density at radius 1 is 1.56 bits per heavy atom. The highest BCUT2D eigenvalue weighted by molar-refractivity contribution is 9.10. The Balaban J connectivity index is 2.68. The molecular weight excluding hydrogens is 277 g/mol. The summed E-state index contributed by atoms with van der Waals surface area (Å²) in [6.45, 7) is 3.46. The van der Waals surface area contributed by atoms with Crippen LogP contribution in [0.5, 0.6) is 0 Å². The summed E-state index contributed by atoms with van der Waals surface area (Å²) in [4.78, 5) is 10.8. The van der Waals surface area contributed by atoms with E-state index in [2.05, 4.69) is 21.2 Å². The minimum absolute atomic E-state index is 0.239. The number of anilines is 1. The van der Waals surface area contributed by atoms with Crippen molar-refractivity contribution < 1.29 is 14.3 Å². The maximum Gasteiger partial charge on any atom is 0.310 e. The zero-order valence-electron chi connectivity index (χ0n) is 9.05. The van der Waals surface area contributed by atoms with Crippen molar-refractivity contribution in [3.05, 3.63) is 28.5 Å². The summed E-state index contributed by atoms with van der Waals surface area (Å²) >= 11 is 3.05. The Labute approximate surface area is 102 Å². The van der Waals surface area contributed by atoms with Crippen LogP contribution in [0.2, 0.25) is 0 Å². The van der Waals surface area contributed by atoms with E-state index in [4.69, 9.17) is 5.11 Å². The lowest BCUT2D eigenvalue weighted by atomic mass is 9.94. The molecule has 0 amide bonds. The lowest BCUT2D eigenvalue weighted by molar-refractivity contribution is -0.146. The van der Waals surface area contributed by atoms with Crippen molar-refractivity contribution in [1.82, 2.24) is 0 Å². The first-order valence-corrected chi connectivity index (χ1v) is 5.54. The van der Waals surface area contributed by atoms with Gasteiger partial charge >= 0.3 is 5.97 Å². The molecule has 0 unspecified atom stereocenters. The van der Waals surface area contributed by atoms with Gasteiger partial charge in [0.05, 0.1) is 9.89 Å². The fraction of sp³-hybridized carbons (Fsp3) is 0.364. The minimum atomic E-state index is -0.891. The Bertz CT molecular complexity index is 407. The van der Waals surface area contributed by atoms with Crippen molar-refractivity contribution in [2.75, 3.05) is 11.9 Å². The van der Waals surface area contributed by atoms with E-state index in [1.165, 1.54) is 6.07 Å². The number of benzene rings is 1. The van der Waals surface area contributed by atoms with E-state index < -0.39 is 11.4 Å². The third kappa shape index (κ3) is 3.20. The highest BCUT2D eigenvalue weighted by Crippen LogP contribution is 2.21. The lowest BCUT2D eigenvalue weighted by Gasteiger charge is -2.20. The van der Waals surface area contributed by atoms with E-state index in [0.717, 1.165) is 0 Å². The second-order valence-electron chi connectivity index (χ2n) is 4.17. The molecule has 0 heterocycles. The average Bonchev–Trinajstić information content (AvgIpc) is 2.20. The van der Waals surface area contributed by atoms with Crippen LogP contribution in [0.15, 0.2) is 22.7 Å².